The largest absolute Gasteiger partial charge is 0.462 e. The molecule has 1 fully saturated rings. The third kappa shape index (κ3) is 5.08. The topological polar surface area (TPSA) is 96.5 Å². The fourth-order valence-electron chi connectivity index (χ4n) is 1.73. The Balaban J connectivity index is 1.75. The number of anilines is 1. The molecular weight excluding hydrogens is 286 g/mol. The number of ether oxygens (including phenoxy) is 1. The number of nitrogens with one attached hydrogen (secondary N) is 3. The van der Waals surface area contributed by atoms with Gasteiger partial charge in [-0.1, -0.05) is 0 Å². The van der Waals surface area contributed by atoms with Gasteiger partial charge < -0.3 is 20.7 Å². The van der Waals surface area contributed by atoms with Crippen LogP contribution in [-0.4, -0.2) is 37.1 Å². The summed E-state index contributed by atoms with van der Waals surface area (Å²) in [6.45, 7) is 1.93. The van der Waals surface area contributed by atoms with Gasteiger partial charge in [-0.2, -0.15) is 0 Å². The van der Waals surface area contributed by atoms with Gasteiger partial charge in [0, 0.05) is 11.7 Å². The van der Waals surface area contributed by atoms with Crippen molar-refractivity contribution in [1.29, 1.82) is 0 Å². The smallest absolute Gasteiger partial charge is 0.338 e. The average Bonchev–Trinajstić information content (AvgIpc) is 3.30. The van der Waals surface area contributed by atoms with Crippen molar-refractivity contribution in [3.63, 3.8) is 0 Å². The maximum Gasteiger partial charge on any atom is 0.338 e. The summed E-state index contributed by atoms with van der Waals surface area (Å²) in [6.07, 6.45) is 1.98. The van der Waals surface area contributed by atoms with Crippen molar-refractivity contribution in [3.05, 3.63) is 29.8 Å². The maximum absolute atomic E-state index is 11.7. The number of esters is 1. The number of hydrogen-bond donors (Lipinski definition) is 3. The van der Waals surface area contributed by atoms with Gasteiger partial charge in [0.05, 0.1) is 18.7 Å². The highest BCUT2D eigenvalue weighted by Crippen LogP contribution is 2.18. The predicted octanol–water partition coefficient (Wildman–Crippen LogP) is 1.26. The first-order chi connectivity index (χ1) is 10.6. The molecule has 7 heteroatoms. The highest BCUT2D eigenvalue weighted by molar-refractivity contribution is 5.95. The van der Waals surface area contributed by atoms with Crippen molar-refractivity contribution in [1.82, 2.24) is 10.6 Å². The van der Waals surface area contributed by atoms with Crippen LogP contribution in [0.4, 0.5) is 10.5 Å². The Kier molecular flexibility index (Phi) is 5.35. The van der Waals surface area contributed by atoms with Crippen molar-refractivity contribution < 1.29 is 19.1 Å². The molecule has 0 atom stereocenters. The molecule has 0 aliphatic heterocycles. The first kappa shape index (κ1) is 15.8. The highest BCUT2D eigenvalue weighted by Gasteiger charge is 2.23. The summed E-state index contributed by atoms with van der Waals surface area (Å²) in [5.41, 5.74) is 0.962. The third-order valence-corrected chi connectivity index (χ3v) is 3.00. The summed E-state index contributed by atoms with van der Waals surface area (Å²) in [5.74, 6) is -0.742. The molecule has 0 unspecified atom stereocenters. The van der Waals surface area contributed by atoms with E-state index in [2.05, 4.69) is 16.0 Å². The van der Waals surface area contributed by atoms with Gasteiger partial charge in [-0.15, -0.1) is 0 Å². The molecule has 0 spiro atoms. The van der Waals surface area contributed by atoms with E-state index in [0.29, 0.717) is 17.9 Å². The van der Waals surface area contributed by atoms with Crippen molar-refractivity contribution in [3.8, 4) is 0 Å². The van der Waals surface area contributed by atoms with Crippen molar-refractivity contribution in [2.45, 2.75) is 25.8 Å². The molecule has 7 nitrogen and oxygen atoms in total. The van der Waals surface area contributed by atoms with Crippen LogP contribution in [0.25, 0.3) is 0 Å². The molecule has 1 aliphatic carbocycles. The van der Waals surface area contributed by atoms with E-state index in [1.54, 1.807) is 31.2 Å². The van der Waals surface area contributed by atoms with Gasteiger partial charge in [-0.3, -0.25) is 4.79 Å². The molecule has 0 saturated heterocycles. The number of hydrogen-bond acceptors (Lipinski definition) is 4. The average molecular weight is 305 g/mol. The number of benzene rings is 1. The lowest BCUT2D eigenvalue weighted by atomic mass is 10.2. The highest BCUT2D eigenvalue weighted by atomic mass is 16.5. The van der Waals surface area contributed by atoms with Crippen LogP contribution >= 0.6 is 0 Å². The van der Waals surface area contributed by atoms with Crippen molar-refractivity contribution >= 4 is 23.6 Å². The van der Waals surface area contributed by atoms with Crippen LogP contribution in [-0.2, 0) is 9.53 Å². The Labute approximate surface area is 128 Å². The molecule has 1 aromatic carbocycles. The second kappa shape index (κ2) is 7.44. The van der Waals surface area contributed by atoms with Gasteiger partial charge in [0.25, 0.3) is 0 Å². The first-order valence-corrected chi connectivity index (χ1v) is 7.20. The zero-order chi connectivity index (χ0) is 15.9. The Morgan fingerprint density at radius 3 is 2.45 bits per heavy atom. The minimum absolute atomic E-state index is 0.113. The second-order valence-corrected chi connectivity index (χ2v) is 4.95. The molecule has 1 saturated carbocycles. The summed E-state index contributed by atoms with van der Waals surface area (Å²) in [4.78, 5) is 34.6. The molecule has 118 valence electrons. The standard InChI is InChI=1S/C15H19N3O4/c1-2-22-14(20)10-3-5-11(6-4-10)17-13(19)9-16-15(21)18-12-7-8-12/h3-6,12H,2,7-9H2,1H3,(H,17,19)(H2,16,18,21). The number of urea groups is 1. The molecule has 3 amide bonds. The molecule has 22 heavy (non-hydrogen) atoms. The van der Waals surface area contributed by atoms with Crippen LogP contribution in [0.3, 0.4) is 0 Å². The SMILES string of the molecule is CCOC(=O)c1ccc(NC(=O)CNC(=O)NC2CC2)cc1. The summed E-state index contributed by atoms with van der Waals surface area (Å²) < 4.78 is 4.87. The molecule has 0 aromatic heterocycles. The minimum Gasteiger partial charge on any atom is -0.462 e. The van der Waals surface area contributed by atoms with Gasteiger partial charge in [-0.25, -0.2) is 9.59 Å². The minimum atomic E-state index is -0.404. The summed E-state index contributed by atoms with van der Waals surface area (Å²) in [7, 11) is 0. The van der Waals surface area contributed by atoms with Crippen LogP contribution in [0.5, 0.6) is 0 Å². The van der Waals surface area contributed by atoms with E-state index in [9.17, 15) is 14.4 Å². The van der Waals surface area contributed by atoms with Crippen LogP contribution in [0.1, 0.15) is 30.1 Å². The lowest BCUT2D eigenvalue weighted by molar-refractivity contribution is -0.115. The summed E-state index contributed by atoms with van der Waals surface area (Å²) in [6, 6.07) is 6.26. The molecule has 0 radical (unpaired) electrons. The summed E-state index contributed by atoms with van der Waals surface area (Å²) in [5, 5.41) is 7.84. The second-order valence-electron chi connectivity index (χ2n) is 4.95. The Morgan fingerprint density at radius 1 is 1.18 bits per heavy atom. The number of carbonyl (C=O) groups excluding carboxylic acids is 3. The summed E-state index contributed by atoms with van der Waals surface area (Å²) >= 11 is 0. The Bertz CT molecular complexity index is 552. The normalized spacial score (nSPS) is 13.1. The van der Waals surface area contributed by atoms with Gasteiger partial charge in [-0.05, 0) is 44.0 Å². The number of amides is 3. The molecule has 1 aliphatic rings. The fourth-order valence-corrected chi connectivity index (χ4v) is 1.73. The van der Waals surface area contributed by atoms with Gasteiger partial charge in [0.1, 0.15) is 0 Å². The molecular formula is C15H19N3O4. The Hall–Kier alpha value is -2.57. The Morgan fingerprint density at radius 2 is 1.86 bits per heavy atom. The van der Waals surface area contributed by atoms with Crippen LogP contribution < -0.4 is 16.0 Å². The third-order valence-electron chi connectivity index (χ3n) is 3.00. The van der Waals surface area contributed by atoms with Crippen molar-refractivity contribution in [2.24, 2.45) is 0 Å². The predicted molar refractivity (Wildman–Crippen MR) is 80.6 cm³/mol. The van der Waals surface area contributed by atoms with E-state index < -0.39 is 5.97 Å². The fraction of sp³-hybridized carbons (Fsp3) is 0.400. The molecule has 2 rings (SSSR count). The lowest BCUT2D eigenvalue weighted by Gasteiger charge is -2.08. The van der Waals surface area contributed by atoms with E-state index in [4.69, 9.17) is 4.74 Å². The van der Waals surface area contributed by atoms with Gasteiger partial charge in [0.15, 0.2) is 0 Å². The van der Waals surface area contributed by atoms with E-state index in [0.717, 1.165) is 12.8 Å². The van der Waals surface area contributed by atoms with Crippen molar-refractivity contribution in [2.75, 3.05) is 18.5 Å². The first-order valence-electron chi connectivity index (χ1n) is 7.20. The van der Waals surface area contributed by atoms with E-state index in [-0.39, 0.29) is 24.5 Å². The molecule has 0 heterocycles. The monoisotopic (exact) mass is 305 g/mol. The zero-order valence-electron chi connectivity index (χ0n) is 12.3. The van der Waals surface area contributed by atoms with Crippen LogP contribution in [0.15, 0.2) is 24.3 Å². The zero-order valence-corrected chi connectivity index (χ0v) is 12.3. The molecule has 1 aromatic rings. The van der Waals surface area contributed by atoms with Gasteiger partial charge >= 0.3 is 12.0 Å². The quantitative estimate of drug-likeness (QED) is 0.689. The van der Waals surface area contributed by atoms with Crippen LogP contribution in [0.2, 0.25) is 0 Å². The maximum atomic E-state index is 11.7. The lowest BCUT2D eigenvalue weighted by Crippen LogP contribution is -2.40. The number of rotatable bonds is 6. The van der Waals surface area contributed by atoms with E-state index >= 15 is 0 Å². The van der Waals surface area contributed by atoms with Gasteiger partial charge in [0.2, 0.25) is 5.91 Å². The van der Waals surface area contributed by atoms with E-state index in [1.165, 1.54) is 0 Å². The van der Waals surface area contributed by atoms with E-state index in [1.807, 2.05) is 0 Å². The molecule has 3 N–H and O–H groups in total. The number of carbonyl (C=O) groups is 3. The molecule has 0 bridgehead atoms. The van der Waals surface area contributed by atoms with Crippen LogP contribution in [0, 0.1) is 0 Å².